The van der Waals surface area contributed by atoms with E-state index < -0.39 is 35.1 Å². The number of benzene rings is 1. The molecule has 1 aliphatic rings. The predicted molar refractivity (Wildman–Crippen MR) is 57.6 cm³/mol. The van der Waals surface area contributed by atoms with Crippen LogP contribution in [0.5, 0.6) is 0 Å². The third kappa shape index (κ3) is 2.80. The molecule has 0 radical (unpaired) electrons. The van der Waals surface area contributed by atoms with Gasteiger partial charge in [-0.3, -0.25) is 4.79 Å². The molecule has 98 valence electrons. The van der Waals surface area contributed by atoms with Crippen molar-refractivity contribution >= 4 is 11.6 Å². The number of ether oxygens (including phenoxy) is 1. The molecule has 18 heavy (non-hydrogen) atoms. The van der Waals surface area contributed by atoms with Crippen LogP contribution in [0.25, 0.3) is 0 Å². The van der Waals surface area contributed by atoms with Crippen LogP contribution in [0.15, 0.2) is 12.1 Å². The van der Waals surface area contributed by atoms with Crippen molar-refractivity contribution in [1.29, 1.82) is 0 Å². The van der Waals surface area contributed by atoms with Gasteiger partial charge in [-0.25, -0.2) is 13.2 Å². The van der Waals surface area contributed by atoms with E-state index >= 15 is 0 Å². The number of amides is 1. The average Bonchev–Trinajstić information content (AvgIpc) is 2.37. The van der Waals surface area contributed by atoms with Gasteiger partial charge >= 0.3 is 0 Å². The van der Waals surface area contributed by atoms with Crippen LogP contribution in [-0.2, 0) is 9.53 Å². The molecule has 2 N–H and O–H groups in total. The lowest BCUT2D eigenvalue weighted by molar-refractivity contribution is -0.120. The summed E-state index contributed by atoms with van der Waals surface area (Å²) >= 11 is 0. The second kappa shape index (κ2) is 5.36. The molecule has 1 aromatic carbocycles. The normalized spacial score (nSPS) is 19.6. The van der Waals surface area contributed by atoms with Gasteiger partial charge in [-0.05, 0) is 0 Å². The zero-order valence-electron chi connectivity index (χ0n) is 9.30. The molecule has 2 rings (SSSR count). The fourth-order valence-electron chi connectivity index (χ4n) is 1.57. The number of carbonyl (C=O) groups excluding carboxylic acids is 1. The first-order valence-electron chi connectivity index (χ1n) is 5.34. The minimum Gasteiger partial charge on any atom is -0.378 e. The second-order valence-corrected chi connectivity index (χ2v) is 3.82. The zero-order chi connectivity index (χ0) is 13.1. The summed E-state index contributed by atoms with van der Waals surface area (Å²) in [4.78, 5) is 11.7. The summed E-state index contributed by atoms with van der Waals surface area (Å²) in [6.45, 7) is 1.14. The van der Waals surface area contributed by atoms with E-state index in [9.17, 15) is 18.0 Å². The lowest BCUT2D eigenvalue weighted by atomic mass is 10.2. The molecule has 0 aromatic heterocycles. The lowest BCUT2D eigenvalue weighted by Gasteiger charge is -2.22. The molecule has 1 aliphatic heterocycles. The minimum atomic E-state index is -1.30. The molecule has 0 spiro atoms. The fraction of sp³-hybridized carbons (Fsp3) is 0.364. The van der Waals surface area contributed by atoms with Crippen LogP contribution in [0.4, 0.5) is 18.9 Å². The maximum absolute atomic E-state index is 13.3. The molecular formula is C11H11F3N2O2. The average molecular weight is 260 g/mol. The number of anilines is 1. The third-order valence-electron chi connectivity index (χ3n) is 2.51. The van der Waals surface area contributed by atoms with Crippen molar-refractivity contribution in [2.45, 2.75) is 6.04 Å². The van der Waals surface area contributed by atoms with Crippen molar-refractivity contribution in [2.24, 2.45) is 0 Å². The van der Waals surface area contributed by atoms with E-state index in [-0.39, 0.29) is 6.61 Å². The van der Waals surface area contributed by atoms with E-state index in [2.05, 4.69) is 10.6 Å². The van der Waals surface area contributed by atoms with Crippen LogP contribution in [-0.4, -0.2) is 31.7 Å². The van der Waals surface area contributed by atoms with Crippen molar-refractivity contribution in [1.82, 2.24) is 5.32 Å². The Morgan fingerprint density at radius 1 is 1.28 bits per heavy atom. The zero-order valence-corrected chi connectivity index (χ0v) is 9.30. The van der Waals surface area contributed by atoms with Crippen molar-refractivity contribution in [3.05, 3.63) is 29.6 Å². The summed E-state index contributed by atoms with van der Waals surface area (Å²) in [5.41, 5.74) is -0.397. The number of halogens is 3. The highest BCUT2D eigenvalue weighted by atomic mass is 19.2. The quantitative estimate of drug-likeness (QED) is 0.781. The van der Waals surface area contributed by atoms with E-state index in [1.54, 1.807) is 0 Å². The fourth-order valence-corrected chi connectivity index (χ4v) is 1.57. The van der Waals surface area contributed by atoms with Gasteiger partial charge in [-0.1, -0.05) is 0 Å². The molecular weight excluding hydrogens is 249 g/mol. The molecule has 1 amide bonds. The van der Waals surface area contributed by atoms with Gasteiger partial charge < -0.3 is 15.4 Å². The first kappa shape index (κ1) is 12.8. The van der Waals surface area contributed by atoms with Crippen LogP contribution in [0.3, 0.4) is 0 Å². The number of morpholine rings is 1. The molecule has 0 bridgehead atoms. The van der Waals surface area contributed by atoms with Crippen molar-refractivity contribution in [3.8, 4) is 0 Å². The summed E-state index contributed by atoms with van der Waals surface area (Å²) < 4.78 is 44.0. The smallest absolute Gasteiger partial charge is 0.243 e. The molecule has 1 heterocycles. The monoisotopic (exact) mass is 260 g/mol. The van der Waals surface area contributed by atoms with E-state index in [0.717, 1.165) is 0 Å². The third-order valence-corrected chi connectivity index (χ3v) is 2.51. The van der Waals surface area contributed by atoms with Gasteiger partial charge in [0, 0.05) is 18.7 Å². The van der Waals surface area contributed by atoms with E-state index in [4.69, 9.17) is 4.74 Å². The van der Waals surface area contributed by atoms with Gasteiger partial charge in [0.05, 0.1) is 18.9 Å². The SMILES string of the molecule is O=C(Nc1cc(F)c(F)cc1F)C1COCCN1. The maximum atomic E-state index is 13.3. The number of carbonyl (C=O) groups is 1. The Labute approximate surface area is 101 Å². The van der Waals surface area contributed by atoms with Gasteiger partial charge in [-0.2, -0.15) is 0 Å². The number of hydrogen-bond acceptors (Lipinski definition) is 3. The topological polar surface area (TPSA) is 50.4 Å². The highest BCUT2D eigenvalue weighted by molar-refractivity contribution is 5.95. The van der Waals surface area contributed by atoms with Gasteiger partial charge in [0.1, 0.15) is 11.9 Å². The summed E-state index contributed by atoms with van der Waals surface area (Å²) in [6, 6.07) is 0.355. The Morgan fingerprint density at radius 3 is 2.67 bits per heavy atom. The number of nitrogens with one attached hydrogen (secondary N) is 2. The first-order valence-corrected chi connectivity index (χ1v) is 5.34. The summed E-state index contributed by atoms with van der Waals surface area (Å²) in [7, 11) is 0. The Bertz CT molecular complexity index is 462. The lowest BCUT2D eigenvalue weighted by Crippen LogP contribution is -2.48. The van der Waals surface area contributed by atoms with Crippen LogP contribution in [0.1, 0.15) is 0 Å². The van der Waals surface area contributed by atoms with Crippen molar-refractivity contribution in [3.63, 3.8) is 0 Å². The number of rotatable bonds is 2. The van der Waals surface area contributed by atoms with Crippen molar-refractivity contribution in [2.75, 3.05) is 25.1 Å². The Hall–Kier alpha value is -1.60. The molecule has 7 heteroatoms. The van der Waals surface area contributed by atoms with E-state index in [1.165, 1.54) is 0 Å². The van der Waals surface area contributed by atoms with Crippen LogP contribution < -0.4 is 10.6 Å². The summed E-state index contributed by atoms with van der Waals surface area (Å²) in [5.74, 6) is -4.11. The molecule has 4 nitrogen and oxygen atoms in total. The molecule has 1 aromatic rings. The van der Waals surface area contributed by atoms with Crippen molar-refractivity contribution < 1.29 is 22.7 Å². The summed E-state index contributed by atoms with van der Waals surface area (Å²) in [6.07, 6.45) is 0. The second-order valence-electron chi connectivity index (χ2n) is 3.82. The molecule has 0 aliphatic carbocycles. The van der Waals surface area contributed by atoms with Gasteiger partial charge in [0.25, 0.3) is 0 Å². The largest absolute Gasteiger partial charge is 0.378 e. The Morgan fingerprint density at radius 2 is 2.00 bits per heavy atom. The maximum Gasteiger partial charge on any atom is 0.243 e. The van der Waals surface area contributed by atoms with Gasteiger partial charge in [0.15, 0.2) is 11.6 Å². The highest BCUT2D eigenvalue weighted by Crippen LogP contribution is 2.18. The standard InChI is InChI=1S/C11H11F3N2O2/c12-6-3-8(14)9(4-7(6)13)16-11(17)10-5-18-2-1-15-10/h3-4,10,15H,1-2,5H2,(H,16,17). The molecule has 1 unspecified atom stereocenters. The predicted octanol–water partition coefficient (Wildman–Crippen LogP) is 1.03. The highest BCUT2D eigenvalue weighted by Gasteiger charge is 2.22. The molecule has 1 saturated heterocycles. The van der Waals surface area contributed by atoms with Gasteiger partial charge in [-0.15, -0.1) is 0 Å². The van der Waals surface area contributed by atoms with E-state index in [1.807, 2.05) is 0 Å². The van der Waals surface area contributed by atoms with Crippen LogP contribution in [0.2, 0.25) is 0 Å². The minimum absolute atomic E-state index is 0.150. The molecule has 0 saturated carbocycles. The van der Waals surface area contributed by atoms with Crippen LogP contribution >= 0.6 is 0 Å². The summed E-state index contributed by atoms with van der Waals surface area (Å²) in [5, 5.41) is 5.04. The first-order chi connectivity index (χ1) is 8.58. The molecule has 1 atom stereocenters. The van der Waals surface area contributed by atoms with Crippen LogP contribution in [0, 0.1) is 17.5 Å². The molecule has 1 fully saturated rings. The van der Waals surface area contributed by atoms with Gasteiger partial charge in [0.2, 0.25) is 5.91 Å². The number of hydrogen-bond donors (Lipinski definition) is 2. The Balaban J connectivity index is 2.08. The van der Waals surface area contributed by atoms with E-state index in [0.29, 0.717) is 25.3 Å². The Kier molecular flexibility index (Phi) is 3.83.